The maximum Gasteiger partial charge on any atom is 0.322 e. The predicted octanol–water partition coefficient (Wildman–Crippen LogP) is 2.60. The van der Waals surface area contributed by atoms with E-state index in [-0.39, 0.29) is 23.5 Å². The van der Waals surface area contributed by atoms with Crippen LogP contribution in [0.25, 0.3) is 0 Å². The first-order valence-corrected chi connectivity index (χ1v) is 7.31. The Morgan fingerprint density at radius 1 is 1.19 bits per heavy atom. The van der Waals surface area contributed by atoms with Gasteiger partial charge in [0.15, 0.2) is 0 Å². The van der Waals surface area contributed by atoms with Crippen molar-refractivity contribution in [2.24, 2.45) is 0 Å². The fourth-order valence-corrected chi connectivity index (χ4v) is 2.45. The summed E-state index contributed by atoms with van der Waals surface area (Å²) in [6.07, 6.45) is 1.56. The van der Waals surface area contributed by atoms with Crippen LogP contribution >= 0.6 is 0 Å². The summed E-state index contributed by atoms with van der Waals surface area (Å²) in [7, 11) is 0. The van der Waals surface area contributed by atoms with Crippen LogP contribution in [0.1, 0.15) is 33.6 Å². The smallest absolute Gasteiger partial charge is 0.322 e. The summed E-state index contributed by atoms with van der Waals surface area (Å²) in [5.74, 6) is -0.0804. The Hall–Kier alpha value is -2.04. The lowest BCUT2D eigenvalue weighted by Crippen LogP contribution is -2.52. The molecule has 0 spiro atoms. The molecule has 5 heteroatoms. The number of carbonyl (C=O) groups excluding carboxylic acids is 2. The first-order chi connectivity index (χ1) is 9.87. The van der Waals surface area contributed by atoms with Crippen LogP contribution in [0.3, 0.4) is 0 Å². The molecular weight excluding hydrogens is 266 g/mol. The monoisotopic (exact) mass is 289 g/mol. The van der Waals surface area contributed by atoms with Gasteiger partial charge in [-0.3, -0.25) is 4.79 Å². The van der Waals surface area contributed by atoms with Crippen molar-refractivity contribution in [1.82, 2.24) is 10.2 Å². The molecule has 3 amide bonds. The molecule has 0 aromatic heterocycles. The maximum absolute atomic E-state index is 12.3. The molecule has 0 radical (unpaired) electrons. The van der Waals surface area contributed by atoms with Gasteiger partial charge in [0.05, 0.1) is 0 Å². The zero-order valence-electron chi connectivity index (χ0n) is 12.8. The molecule has 0 saturated carbocycles. The molecule has 114 valence electrons. The van der Waals surface area contributed by atoms with Crippen LogP contribution in [-0.4, -0.2) is 35.0 Å². The molecule has 1 aliphatic rings. The van der Waals surface area contributed by atoms with Gasteiger partial charge in [-0.15, -0.1) is 0 Å². The van der Waals surface area contributed by atoms with Gasteiger partial charge in [0.1, 0.15) is 6.04 Å². The van der Waals surface area contributed by atoms with Gasteiger partial charge in [0.25, 0.3) is 0 Å². The molecule has 1 saturated heterocycles. The minimum Gasteiger partial charge on any atom is -0.350 e. The van der Waals surface area contributed by atoms with E-state index in [1.165, 1.54) is 0 Å². The van der Waals surface area contributed by atoms with Crippen molar-refractivity contribution in [2.45, 2.75) is 45.2 Å². The van der Waals surface area contributed by atoms with E-state index in [2.05, 4.69) is 10.6 Å². The van der Waals surface area contributed by atoms with Crippen molar-refractivity contribution < 1.29 is 9.59 Å². The highest BCUT2D eigenvalue weighted by atomic mass is 16.2. The highest BCUT2D eigenvalue weighted by Crippen LogP contribution is 2.20. The Morgan fingerprint density at radius 2 is 1.86 bits per heavy atom. The lowest BCUT2D eigenvalue weighted by atomic mass is 10.1. The number of nitrogens with zero attached hydrogens (tertiary/aromatic N) is 1. The van der Waals surface area contributed by atoms with Crippen molar-refractivity contribution in [3.05, 3.63) is 30.3 Å². The molecular formula is C16H23N3O2. The summed E-state index contributed by atoms with van der Waals surface area (Å²) in [5.41, 5.74) is 0.450. The summed E-state index contributed by atoms with van der Waals surface area (Å²) in [5, 5.41) is 5.79. The van der Waals surface area contributed by atoms with Crippen molar-refractivity contribution in [2.75, 3.05) is 11.9 Å². The first kappa shape index (κ1) is 15.4. The van der Waals surface area contributed by atoms with E-state index in [1.54, 1.807) is 4.90 Å². The average molecular weight is 289 g/mol. The number of anilines is 1. The quantitative estimate of drug-likeness (QED) is 0.879. The number of carbonyl (C=O) groups is 2. The Balaban J connectivity index is 2.01. The topological polar surface area (TPSA) is 61.4 Å². The maximum atomic E-state index is 12.3. The standard InChI is InChI=1S/C16H23N3O2/c1-16(2,3)18-14(20)13-10-7-11-19(13)15(21)17-12-8-5-4-6-9-12/h4-6,8-9,13H,7,10-11H2,1-3H3,(H,17,21)(H,18,20)/t13-/m1/s1. The second-order valence-corrected chi connectivity index (χ2v) is 6.39. The van der Waals surface area contributed by atoms with E-state index < -0.39 is 0 Å². The minimum atomic E-state index is -0.382. The molecule has 0 aliphatic carbocycles. The first-order valence-electron chi connectivity index (χ1n) is 7.31. The number of nitrogens with one attached hydrogen (secondary N) is 2. The van der Waals surface area contributed by atoms with Crippen molar-refractivity contribution in [3.8, 4) is 0 Å². The Labute approximate surface area is 125 Å². The number of hydrogen-bond acceptors (Lipinski definition) is 2. The summed E-state index contributed by atoms with van der Waals surface area (Å²) < 4.78 is 0. The van der Waals surface area contributed by atoms with E-state index in [4.69, 9.17) is 0 Å². The third-order valence-electron chi connectivity index (χ3n) is 3.34. The van der Waals surface area contributed by atoms with Gasteiger partial charge in [0, 0.05) is 17.8 Å². The van der Waals surface area contributed by atoms with Crippen molar-refractivity contribution >= 4 is 17.6 Å². The highest BCUT2D eigenvalue weighted by molar-refractivity contribution is 5.94. The zero-order chi connectivity index (χ0) is 15.5. The third kappa shape index (κ3) is 4.21. The Bertz CT molecular complexity index is 508. The molecule has 5 nitrogen and oxygen atoms in total. The summed E-state index contributed by atoms with van der Waals surface area (Å²) >= 11 is 0. The lowest BCUT2D eigenvalue weighted by molar-refractivity contribution is -0.126. The number of amides is 3. The van der Waals surface area contributed by atoms with Gasteiger partial charge in [-0.1, -0.05) is 18.2 Å². The lowest BCUT2D eigenvalue weighted by Gasteiger charge is -2.28. The number of likely N-dealkylation sites (tertiary alicyclic amines) is 1. The molecule has 1 fully saturated rings. The van der Waals surface area contributed by atoms with Gasteiger partial charge < -0.3 is 15.5 Å². The minimum absolute atomic E-state index is 0.0804. The molecule has 1 heterocycles. The van der Waals surface area contributed by atoms with E-state index in [0.29, 0.717) is 13.0 Å². The largest absolute Gasteiger partial charge is 0.350 e. The summed E-state index contributed by atoms with van der Waals surface area (Å²) in [4.78, 5) is 26.2. The molecule has 1 atom stereocenters. The molecule has 0 unspecified atom stereocenters. The molecule has 2 rings (SSSR count). The van der Waals surface area contributed by atoms with Crippen LogP contribution in [0.4, 0.5) is 10.5 Å². The average Bonchev–Trinajstić information content (AvgIpc) is 2.87. The SMILES string of the molecule is CC(C)(C)NC(=O)[C@H]1CCCN1C(=O)Nc1ccccc1. The zero-order valence-corrected chi connectivity index (χ0v) is 12.8. The van der Waals surface area contributed by atoms with Crippen molar-refractivity contribution in [3.63, 3.8) is 0 Å². The van der Waals surface area contributed by atoms with E-state index in [9.17, 15) is 9.59 Å². The number of hydrogen-bond donors (Lipinski definition) is 2. The molecule has 1 aliphatic heterocycles. The van der Waals surface area contributed by atoms with Crippen LogP contribution in [-0.2, 0) is 4.79 Å². The third-order valence-corrected chi connectivity index (χ3v) is 3.34. The second-order valence-electron chi connectivity index (χ2n) is 6.39. The Morgan fingerprint density at radius 3 is 2.48 bits per heavy atom. The Kier molecular flexibility index (Phi) is 4.50. The van der Waals surface area contributed by atoms with Gasteiger partial charge in [-0.05, 0) is 45.7 Å². The van der Waals surface area contributed by atoms with Crippen molar-refractivity contribution in [1.29, 1.82) is 0 Å². The van der Waals surface area contributed by atoms with Crippen LogP contribution in [0.2, 0.25) is 0 Å². The normalized spacial score (nSPS) is 18.4. The van der Waals surface area contributed by atoms with E-state index >= 15 is 0 Å². The predicted molar refractivity (Wildman–Crippen MR) is 83.1 cm³/mol. The van der Waals surface area contributed by atoms with Gasteiger partial charge in [0.2, 0.25) is 5.91 Å². The summed E-state index contributed by atoms with van der Waals surface area (Å²) in [6, 6.07) is 8.69. The number of rotatable bonds is 2. The molecule has 2 N–H and O–H groups in total. The molecule has 21 heavy (non-hydrogen) atoms. The van der Waals surface area contributed by atoms with Gasteiger partial charge in [-0.25, -0.2) is 4.79 Å². The van der Waals surface area contributed by atoms with Gasteiger partial charge >= 0.3 is 6.03 Å². The fraction of sp³-hybridized carbons (Fsp3) is 0.500. The van der Waals surface area contributed by atoms with Crippen LogP contribution in [0.15, 0.2) is 30.3 Å². The van der Waals surface area contributed by atoms with Gasteiger partial charge in [-0.2, -0.15) is 0 Å². The number of para-hydroxylation sites is 1. The molecule has 1 aromatic carbocycles. The fourth-order valence-electron chi connectivity index (χ4n) is 2.45. The summed E-state index contributed by atoms with van der Waals surface area (Å²) in [6.45, 7) is 6.43. The molecule has 0 bridgehead atoms. The highest BCUT2D eigenvalue weighted by Gasteiger charge is 2.35. The second kappa shape index (κ2) is 6.16. The van der Waals surface area contributed by atoms with E-state index in [1.807, 2.05) is 51.1 Å². The van der Waals surface area contributed by atoms with Crippen LogP contribution in [0.5, 0.6) is 0 Å². The van der Waals surface area contributed by atoms with Crippen LogP contribution in [0, 0.1) is 0 Å². The molecule has 1 aromatic rings. The van der Waals surface area contributed by atoms with Crippen LogP contribution < -0.4 is 10.6 Å². The number of urea groups is 1. The van der Waals surface area contributed by atoms with E-state index in [0.717, 1.165) is 12.1 Å². The number of benzene rings is 1.